The van der Waals surface area contributed by atoms with Crippen LogP contribution in [0.2, 0.25) is 5.02 Å². The lowest BCUT2D eigenvalue weighted by Crippen LogP contribution is -2.45. The number of benzene rings is 3. The van der Waals surface area contributed by atoms with Gasteiger partial charge in [0.2, 0.25) is 0 Å². The van der Waals surface area contributed by atoms with Crippen LogP contribution in [0.5, 0.6) is 5.75 Å². The first kappa shape index (κ1) is 23.7. The zero-order valence-electron chi connectivity index (χ0n) is 18.5. The van der Waals surface area contributed by atoms with Gasteiger partial charge >= 0.3 is 5.63 Å². The smallest absolute Gasteiger partial charge is 0.349 e. The Kier molecular flexibility index (Phi) is 6.93. The molecule has 0 aliphatic heterocycles. The quantitative estimate of drug-likeness (QED) is 0.241. The zero-order chi connectivity index (χ0) is 24.9. The molecule has 0 unspecified atom stereocenters. The fraction of sp³-hybridized carbons (Fsp3) is 0.0769. The van der Waals surface area contributed by atoms with Crippen LogP contribution in [-0.4, -0.2) is 24.2 Å². The van der Waals surface area contributed by atoms with E-state index in [2.05, 4.69) is 10.9 Å². The standard InChI is InChI=1S/C26H19ClN2O6/c1-15-9-10-22(19(11-15)24(31)17-6-4-7-18(27)12-17)34-14-23(30)28-29-25(32)20-13-16-5-2-3-8-21(16)35-26(20)33/h2-13H,14H2,1H3,(H,28,30)(H,29,32). The number of nitrogens with one attached hydrogen (secondary N) is 2. The van der Waals surface area contributed by atoms with Gasteiger partial charge in [-0.1, -0.05) is 53.6 Å². The number of hydrogen-bond donors (Lipinski definition) is 2. The molecule has 0 bridgehead atoms. The molecule has 2 N–H and O–H groups in total. The number of para-hydroxylation sites is 1. The highest BCUT2D eigenvalue weighted by Gasteiger charge is 2.18. The Labute approximate surface area is 204 Å². The monoisotopic (exact) mass is 490 g/mol. The number of amides is 2. The first-order valence-electron chi connectivity index (χ1n) is 10.5. The van der Waals surface area contributed by atoms with Gasteiger partial charge in [-0.05, 0) is 43.3 Å². The molecule has 176 valence electrons. The van der Waals surface area contributed by atoms with Gasteiger partial charge in [0, 0.05) is 16.0 Å². The van der Waals surface area contributed by atoms with Crippen molar-refractivity contribution >= 4 is 40.2 Å². The second-order valence-electron chi connectivity index (χ2n) is 7.62. The van der Waals surface area contributed by atoms with Crippen molar-refractivity contribution in [2.24, 2.45) is 0 Å². The first-order valence-corrected chi connectivity index (χ1v) is 10.9. The van der Waals surface area contributed by atoms with Crippen LogP contribution in [0.1, 0.15) is 31.8 Å². The van der Waals surface area contributed by atoms with Crippen molar-refractivity contribution in [3.05, 3.63) is 110 Å². The highest BCUT2D eigenvalue weighted by atomic mass is 35.5. The number of fused-ring (bicyclic) bond motifs is 1. The minimum Gasteiger partial charge on any atom is -0.483 e. The summed E-state index contributed by atoms with van der Waals surface area (Å²) < 4.78 is 10.7. The molecule has 0 aliphatic carbocycles. The van der Waals surface area contributed by atoms with E-state index >= 15 is 0 Å². The third kappa shape index (κ3) is 5.56. The molecule has 3 aromatic carbocycles. The summed E-state index contributed by atoms with van der Waals surface area (Å²) in [4.78, 5) is 49.7. The van der Waals surface area contributed by atoms with Gasteiger partial charge in [0.15, 0.2) is 12.4 Å². The van der Waals surface area contributed by atoms with Crippen LogP contribution in [0.3, 0.4) is 0 Å². The molecule has 1 aromatic heterocycles. The van der Waals surface area contributed by atoms with E-state index in [9.17, 15) is 19.2 Å². The van der Waals surface area contributed by atoms with Gasteiger partial charge in [-0.3, -0.25) is 25.2 Å². The van der Waals surface area contributed by atoms with Crippen LogP contribution >= 0.6 is 11.6 Å². The summed E-state index contributed by atoms with van der Waals surface area (Å²) >= 11 is 6.00. The molecule has 0 saturated carbocycles. The lowest BCUT2D eigenvalue weighted by atomic mass is 10.0. The number of halogens is 1. The maximum Gasteiger partial charge on any atom is 0.349 e. The van der Waals surface area contributed by atoms with Gasteiger partial charge in [-0.2, -0.15) is 0 Å². The number of carbonyl (C=O) groups excluding carboxylic acids is 3. The highest BCUT2D eigenvalue weighted by Crippen LogP contribution is 2.24. The predicted octanol–water partition coefficient (Wildman–Crippen LogP) is 3.83. The van der Waals surface area contributed by atoms with Gasteiger partial charge in [-0.25, -0.2) is 4.79 Å². The molecule has 0 spiro atoms. The lowest BCUT2D eigenvalue weighted by molar-refractivity contribution is -0.123. The van der Waals surface area contributed by atoms with E-state index < -0.39 is 24.0 Å². The Morgan fingerprint density at radius 1 is 0.914 bits per heavy atom. The SMILES string of the molecule is Cc1ccc(OCC(=O)NNC(=O)c2cc3ccccc3oc2=O)c(C(=O)c2cccc(Cl)c2)c1. The van der Waals surface area contributed by atoms with E-state index in [1.165, 1.54) is 6.07 Å². The summed E-state index contributed by atoms with van der Waals surface area (Å²) in [5, 5.41) is 0.977. The Bertz CT molecular complexity index is 1510. The van der Waals surface area contributed by atoms with Crippen molar-refractivity contribution in [2.75, 3.05) is 6.61 Å². The molecule has 1 heterocycles. The first-order chi connectivity index (χ1) is 16.8. The van der Waals surface area contributed by atoms with E-state index in [4.69, 9.17) is 20.8 Å². The number of hydrazine groups is 1. The van der Waals surface area contributed by atoms with Crippen LogP contribution in [-0.2, 0) is 4.79 Å². The van der Waals surface area contributed by atoms with E-state index in [1.54, 1.807) is 66.7 Å². The van der Waals surface area contributed by atoms with Crippen LogP contribution in [0.25, 0.3) is 11.0 Å². The summed E-state index contributed by atoms with van der Waals surface area (Å²) in [6, 6.07) is 19.6. The maximum absolute atomic E-state index is 13.0. The molecule has 2 amide bonds. The van der Waals surface area contributed by atoms with Crippen molar-refractivity contribution in [1.29, 1.82) is 0 Å². The zero-order valence-corrected chi connectivity index (χ0v) is 19.2. The van der Waals surface area contributed by atoms with E-state index in [1.807, 2.05) is 6.92 Å². The molecule has 0 atom stereocenters. The van der Waals surface area contributed by atoms with Gasteiger partial charge in [0.1, 0.15) is 16.9 Å². The largest absolute Gasteiger partial charge is 0.483 e. The van der Waals surface area contributed by atoms with Crippen molar-refractivity contribution in [1.82, 2.24) is 10.9 Å². The van der Waals surface area contributed by atoms with Gasteiger partial charge in [0.25, 0.3) is 11.8 Å². The molecule has 0 saturated heterocycles. The Balaban J connectivity index is 1.41. The lowest BCUT2D eigenvalue weighted by Gasteiger charge is -2.12. The summed E-state index contributed by atoms with van der Waals surface area (Å²) in [6.07, 6.45) is 0. The average molecular weight is 491 g/mol. The molecular formula is C26H19ClN2O6. The van der Waals surface area contributed by atoms with Crippen molar-refractivity contribution in [2.45, 2.75) is 6.92 Å². The van der Waals surface area contributed by atoms with E-state index in [-0.39, 0.29) is 22.7 Å². The van der Waals surface area contributed by atoms with Crippen molar-refractivity contribution in [3.63, 3.8) is 0 Å². The molecule has 0 radical (unpaired) electrons. The summed E-state index contributed by atoms with van der Waals surface area (Å²) in [7, 11) is 0. The normalized spacial score (nSPS) is 10.6. The van der Waals surface area contributed by atoms with Gasteiger partial charge in [0.05, 0.1) is 5.56 Å². The minimum absolute atomic E-state index is 0.192. The molecule has 9 heteroatoms. The summed E-state index contributed by atoms with van der Waals surface area (Å²) in [5.41, 5.74) is 5.04. The molecular weight excluding hydrogens is 472 g/mol. The van der Waals surface area contributed by atoms with Gasteiger partial charge < -0.3 is 9.15 Å². The van der Waals surface area contributed by atoms with E-state index in [0.29, 0.717) is 21.6 Å². The number of carbonyl (C=O) groups is 3. The Morgan fingerprint density at radius 3 is 2.51 bits per heavy atom. The average Bonchev–Trinajstić information content (AvgIpc) is 2.85. The number of ketones is 1. The molecule has 0 fully saturated rings. The third-order valence-corrected chi connectivity index (χ3v) is 5.26. The van der Waals surface area contributed by atoms with Crippen LogP contribution in [0, 0.1) is 6.92 Å². The summed E-state index contributed by atoms with van der Waals surface area (Å²) in [5.74, 6) is -1.67. The van der Waals surface area contributed by atoms with E-state index in [0.717, 1.165) is 5.56 Å². The molecule has 4 rings (SSSR count). The summed E-state index contributed by atoms with van der Waals surface area (Å²) in [6.45, 7) is 1.33. The molecule has 4 aromatic rings. The molecule has 8 nitrogen and oxygen atoms in total. The number of hydrogen-bond acceptors (Lipinski definition) is 6. The topological polar surface area (TPSA) is 115 Å². The predicted molar refractivity (Wildman–Crippen MR) is 130 cm³/mol. The Morgan fingerprint density at radius 2 is 1.71 bits per heavy atom. The van der Waals surface area contributed by atoms with Crippen molar-refractivity contribution < 1.29 is 23.5 Å². The van der Waals surface area contributed by atoms with Gasteiger partial charge in [-0.15, -0.1) is 0 Å². The van der Waals surface area contributed by atoms with Crippen molar-refractivity contribution in [3.8, 4) is 5.75 Å². The third-order valence-electron chi connectivity index (χ3n) is 5.03. The Hall–Kier alpha value is -4.43. The maximum atomic E-state index is 13.0. The number of ether oxygens (including phenoxy) is 1. The number of rotatable bonds is 6. The fourth-order valence-electron chi connectivity index (χ4n) is 3.33. The second kappa shape index (κ2) is 10.2. The second-order valence-corrected chi connectivity index (χ2v) is 8.05. The highest BCUT2D eigenvalue weighted by molar-refractivity contribution is 6.31. The van der Waals surface area contributed by atoms with Crippen LogP contribution in [0.15, 0.2) is 82.0 Å². The molecule has 35 heavy (non-hydrogen) atoms. The fourth-order valence-corrected chi connectivity index (χ4v) is 3.52. The number of aryl methyl sites for hydroxylation is 1. The minimum atomic E-state index is -0.843. The van der Waals surface area contributed by atoms with Crippen LogP contribution < -0.4 is 21.2 Å². The molecule has 0 aliphatic rings. The van der Waals surface area contributed by atoms with Crippen LogP contribution in [0.4, 0.5) is 0 Å².